The van der Waals surface area contributed by atoms with Gasteiger partial charge >= 0.3 is 0 Å². The summed E-state index contributed by atoms with van der Waals surface area (Å²) in [7, 11) is 0. The van der Waals surface area contributed by atoms with Gasteiger partial charge in [-0.1, -0.05) is 29.8 Å². The van der Waals surface area contributed by atoms with Crippen molar-refractivity contribution in [1.82, 2.24) is 16.2 Å². The lowest BCUT2D eigenvalue weighted by Crippen LogP contribution is -2.47. The van der Waals surface area contributed by atoms with Gasteiger partial charge in [-0.15, -0.1) is 0 Å². The molecule has 1 heterocycles. The molecule has 6 nitrogen and oxygen atoms in total. The van der Waals surface area contributed by atoms with Gasteiger partial charge < -0.3 is 14.8 Å². The molecule has 3 unspecified atom stereocenters. The topological polar surface area (TPSA) is 71.6 Å². The average molecular weight is 369 g/mol. The van der Waals surface area contributed by atoms with Crippen LogP contribution in [0.1, 0.15) is 30.9 Å². The molecule has 0 radical (unpaired) electrons. The Kier molecular flexibility index (Phi) is 6.32. The summed E-state index contributed by atoms with van der Waals surface area (Å²) < 4.78 is 11.0. The maximum absolute atomic E-state index is 12.4. The first-order valence-corrected chi connectivity index (χ1v) is 9.29. The molecule has 1 fully saturated rings. The van der Waals surface area contributed by atoms with Gasteiger partial charge in [0.15, 0.2) is 6.61 Å². The van der Waals surface area contributed by atoms with E-state index in [0.29, 0.717) is 12.4 Å². The Hall–Kier alpha value is -2.57. The highest BCUT2D eigenvalue weighted by atomic mass is 16.5. The highest BCUT2D eigenvalue weighted by molar-refractivity contribution is 5.78. The minimum absolute atomic E-state index is 0.0406. The smallest absolute Gasteiger partial charge is 0.259 e. The van der Waals surface area contributed by atoms with Gasteiger partial charge in [0, 0.05) is 12.0 Å². The van der Waals surface area contributed by atoms with Crippen molar-refractivity contribution >= 4 is 5.91 Å². The van der Waals surface area contributed by atoms with Gasteiger partial charge in [-0.3, -0.25) is 10.2 Å². The molecule has 0 aliphatic carbocycles. The van der Waals surface area contributed by atoms with E-state index in [1.165, 1.54) is 11.1 Å². The maximum atomic E-state index is 12.4. The van der Waals surface area contributed by atoms with E-state index in [9.17, 15) is 4.79 Å². The number of carbonyl (C=O) groups is 1. The Balaban J connectivity index is 1.56. The molecule has 6 heteroatoms. The van der Waals surface area contributed by atoms with Gasteiger partial charge in [0.1, 0.15) is 17.7 Å². The lowest BCUT2D eigenvalue weighted by atomic mass is 9.90. The second kappa shape index (κ2) is 8.88. The van der Waals surface area contributed by atoms with Crippen LogP contribution in [0.3, 0.4) is 0 Å². The van der Waals surface area contributed by atoms with Crippen molar-refractivity contribution in [2.75, 3.05) is 13.2 Å². The number of hydrazine groups is 1. The van der Waals surface area contributed by atoms with Crippen molar-refractivity contribution in [3.05, 3.63) is 59.7 Å². The van der Waals surface area contributed by atoms with Crippen LogP contribution in [0.25, 0.3) is 0 Å². The largest absolute Gasteiger partial charge is 0.494 e. The van der Waals surface area contributed by atoms with Crippen molar-refractivity contribution in [3.8, 4) is 11.5 Å². The Morgan fingerprint density at radius 1 is 1.07 bits per heavy atom. The van der Waals surface area contributed by atoms with E-state index < -0.39 is 0 Å². The van der Waals surface area contributed by atoms with Crippen molar-refractivity contribution < 1.29 is 14.3 Å². The Morgan fingerprint density at radius 2 is 1.78 bits per heavy atom. The second-order valence-corrected chi connectivity index (χ2v) is 6.76. The Morgan fingerprint density at radius 3 is 2.44 bits per heavy atom. The number of amides is 1. The van der Waals surface area contributed by atoms with Crippen LogP contribution in [0.2, 0.25) is 0 Å². The van der Waals surface area contributed by atoms with Gasteiger partial charge in [-0.25, -0.2) is 5.43 Å². The summed E-state index contributed by atoms with van der Waals surface area (Å²) in [4.78, 5) is 12.4. The third-order valence-corrected chi connectivity index (χ3v) is 4.61. The number of rotatable bonds is 7. The third kappa shape index (κ3) is 4.99. The Bertz CT molecular complexity index is 764. The van der Waals surface area contributed by atoms with E-state index in [4.69, 9.17) is 9.47 Å². The fourth-order valence-electron chi connectivity index (χ4n) is 3.34. The zero-order valence-corrected chi connectivity index (χ0v) is 16.0. The molecule has 2 aromatic carbocycles. The number of nitrogens with one attached hydrogen (secondary N) is 3. The SMILES string of the molecule is CCOc1ccc(OCC(=O)NC2NNC(C)C2c2cccc(C)c2)cc1. The van der Waals surface area contributed by atoms with Gasteiger partial charge in [0.25, 0.3) is 5.91 Å². The molecule has 1 aliphatic heterocycles. The molecule has 3 N–H and O–H groups in total. The molecule has 1 aliphatic rings. The molecular weight excluding hydrogens is 342 g/mol. The van der Waals surface area contributed by atoms with E-state index in [-0.39, 0.29) is 30.6 Å². The summed E-state index contributed by atoms with van der Waals surface area (Å²) in [6, 6.07) is 15.8. The minimum atomic E-state index is -0.196. The molecule has 3 rings (SSSR count). The third-order valence-electron chi connectivity index (χ3n) is 4.61. The van der Waals surface area contributed by atoms with Crippen LogP contribution in [0.4, 0.5) is 0 Å². The lowest BCUT2D eigenvalue weighted by Gasteiger charge is -2.23. The zero-order valence-electron chi connectivity index (χ0n) is 16.0. The normalized spacial score (nSPS) is 21.7. The number of carbonyl (C=O) groups excluding carboxylic acids is 1. The fraction of sp³-hybridized carbons (Fsp3) is 0.381. The molecule has 0 bridgehead atoms. The molecule has 0 aromatic heterocycles. The van der Waals surface area contributed by atoms with Gasteiger partial charge in [-0.05, 0) is 50.6 Å². The van der Waals surface area contributed by atoms with Crippen molar-refractivity contribution in [2.24, 2.45) is 0 Å². The summed E-state index contributed by atoms with van der Waals surface area (Å²) in [5.74, 6) is 1.38. The first kappa shape index (κ1) is 19.2. The molecule has 1 amide bonds. The molecule has 3 atom stereocenters. The first-order chi connectivity index (χ1) is 13.1. The zero-order chi connectivity index (χ0) is 19.2. The van der Waals surface area contributed by atoms with Crippen molar-refractivity contribution in [1.29, 1.82) is 0 Å². The molecule has 27 heavy (non-hydrogen) atoms. The summed E-state index contributed by atoms with van der Waals surface area (Å²) in [5, 5.41) is 3.02. The van der Waals surface area contributed by atoms with Crippen LogP contribution in [0.5, 0.6) is 11.5 Å². The van der Waals surface area contributed by atoms with Crippen LogP contribution in [-0.2, 0) is 4.79 Å². The van der Waals surface area contributed by atoms with Gasteiger partial charge in [0.05, 0.1) is 6.61 Å². The van der Waals surface area contributed by atoms with Crippen molar-refractivity contribution in [3.63, 3.8) is 0 Å². The molecule has 0 saturated carbocycles. The predicted octanol–water partition coefficient (Wildman–Crippen LogP) is 2.49. The number of benzene rings is 2. The monoisotopic (exact) mass is 369 g/mol. The molecular formula is C21H27N3O3. The summed E-state index contributed by atoms with van der Waals surface area (Å²) in [6.07, 6.45) is -0.196. The molecule has 0 spiro atoms. The summed E-state index contributed by atoms with van der Waals surface area (Å²) in [5.41, 5.74) is 8.78. The Labute approximate surface area is 160 Å². The molecule has 1 saturated heterocycles. The standard InChI is InChI=1S/C21H27N3O3/c1-4-26-17-8-10-18(11-9-17)27-13-19(25)22-21-20(15(3)23-24-21)16-7-5-6-14(2)12-16/h5-12,15,20-21,23-24H,4,13H2,1-3H3,(H,22,25). The molecule has 2 aromatic rings. The lowest BCUT2D eigenvalue weighted by molar-refractivity contribution is -0.124. The van der Waals surface area contributed by atoms with Crippen LogP contribution in [-0.4, -0.2) is 31.3 Å². The highest BCUT2D eigenvalue weighted by Gasteiger charge is 2.35. The van der Waals surface area contributed by atoms with Gasteiger partial charge in [-0.2, -0.15) is 0 Å². The first-order valence-electron chi connectivity index (χ1n) is 9.29. The second-order valence-electron chi connectivity index (χ2n) is 6.76. The number of aryl methyl sites for hydroxylation is 1. The van der Waals surface area contributed by atoms with Gasteiger partial charge in [0.2, 0.25) is 0 Å². The maximum Gasteiger partial charge on any atom is 0.259 e. The predicted molar refractivity (Wildman–Crippen MR) is 105 cm³/mol. The number of hydrogen-bond donors (Lipinski definition) is 3. The van der Waals surface area contributed by atoms with Crippen LogP contribution in [0.15, 0.2) is 48.5 Å². The summed E-state index contributed by atoms with van der Waals surface area (Å²) in [6.45, 7) is 6.68. The van der Waals surface area contributed by atoms with Crippen LogP contribution in [0, 0.1) is 6.92 Å². The van der Waals surface area contributed by atoms with E-state index in [0.717, 1.165) is 5.75 Å². The summed E-state index contributed by atoms with van der Waals surface area (Å²) >= 11 is 0. The number of ether oxygens (including phenoxy) is 2. The van der Waals surface area contributed by atoms with E-state index in [2.05, 4.69) is 48.2 Å². The number of hydrogen-bond acceptors (Lipinski definition) is 5. The minimum Gasteiger partial charge on any atom is -0.494 e. The van der Waals surface area contributed by atoms with E-state index >= 15 is 0 Å². The van der Waals surface area contributed by atoms with E-state index in [1.54, 1.807) is 12.1 Å². The average Bonchev–Trinajstić information content (AvgIpc) is 3.01. The fourth-order valence-corrected chi connectivity index (χ4v) is 3.34. The van der Waals surface area contributed by atoms with Crippen LogP contribution < -0.4 is 25.6 Å². The van der Waals surface area contributed by atoms with Crippen LogP contribution >= 0.6 is 0 Å². The van der Waals surface area contributed by atoms with Crippen molar-refractivity contribution in [2.45, 2.75) is 38.9 Å². The quantitative estimate of drug-likeness (QED) is 0.699. The highest BCUT2D eigenvalue weighted by Crippen LogP contribution is 2.26. The molecule has 144 valence electrons. The van der Waals surface area contributed by atoms with E-state index in [1.807, 2.05) is 25.1 Å².